The summed E-state index contributed by atoms with van der Waals surface area (Å²) in [7, 11) is -2.58. The Labute approximate surface area is 129 Å². The van der Waals surface area contributed by atoms with Crippen LogP contribution in [0.3, 0.4) is 0 Å². The molecular weight excluding hydrogens is 304 g/mol. The minimum Gasteiger partial charge on any atom is -0.465 e. The van der Waals surface area contributed by atoms with Crippen LogP contribution in [0.5, 0.6) is 0 Å². The number of hydrogen-bond donors (Lipinski definition) is 1. The summed E-state index contributed by atoms with van der Waals surface area (Å²) >= 11 is 0. The molecule has 116 valence electrons. The van der Waals surface area contributed by atoms with E-state index in [0.717, 1.165) is 11.1 Å². The molecule has 1 aromatic heterocycles. The molecule has 0 saturated carbocycles. The van der Waals surface area contributed by atoms with Crippen LogP contribution < -0.4 is 4.72 Å². The van der Waals surface area contributed by atoms with E-state index in [1.807, 2.05) is 13.8 Å². The number of sulfonamides is 1. The lowest BCUT2D eigenvalue weighted by molar-refractivity contribution is 0.0601. The third-order valence-electron chi connectivity index (χ3n) is 3.26. The van der Waals surface area contributed by atoms with Crippen LogP contribution in [0, 0.1) is 13.8 Å². The highest BCUT2D eigenvalue weighted by molar-refractivity contribution is 7.92. The number of hydrogen-bond acceptors (Lipinski definition) is 5. The summed E-state index contributed by atoms with van der Waals surface area (Å²) in [5.41, 5.74) is 2.04. The van der Waals surface area contributed by atoms with Gasteiger partial charge in [-0.2, -0.15) is 0 Å². The number of carbonyl (C=O) groups excluding carboxylic acids is 1. The van der Waals surface area contributed by atoms with Crippen LogP contribution >= 0.6 is 0 Å². The monoisotopic (exact) mass is 320 g/mol. The highest BCUT2D eigenvalue weighted by Crippen LogP contribution is 2.21. The van der Waals surface area contributed by atoms with Crippen molar-refractivity contribution in [3.8, 4) is 0 Å². The lowest BCUT2D eigenvalue weighted by Gasteiger charge is -2.12. The number of nitrogens with one attached hydrogen (secondary N) is 1. The Morgan fingerprint density at radius 1 is 1.18 bits per heavy atom. The van der Waals surface area contributed by atoms with Crippen LogP contribution in [0.1, 0.15) is 21.5 Å². The zero-order valence-corrected chi connectivity index (χ0v) is 13.3. The first kappa shape index (κ1) is 16.0. The molecular formula is C15H16N2O4S. The van der Waals surface area contributed by atoms with Crippen molar-refractivity contribution in [1.29, 1.82) is 0 Å². The molecule has 0 atom stereocenters. The predicted molar refractivity (Wildman–Crippen MR) is 82.3 cm³/mol. The van der Waals surface area contributed by atoms with Crippen LogP contribution in [0.4, 0.5) is 5.69 Å². The van der Waals surface area contributed by atoms with E-state index < -0.39 is 16.0 Å². The van der Waals surface area contributed by atoms with E-state index in [-0.39, 0.29) is 16.1 Å². The van der Waals surface area contributed by atoms with E-state index in [0.29, 0.717) is 0 Å². The molecule has 0 spiro atoms. The molecule has 0 aliphatic rings. The predicted octanol–water partition coefficient (Wildman–Crippen LogP) is 2.29. The molecule has 7 heteroatoms. The van der Waals surface area contributed by atoms with Crippen molar-refractivity contribution in [1.82, 2.24) is 4.98 Å². The van der Waals surface area contributed by atoms with Gasteiger partial charge in [-0.05, 0) is 43.2 Å². The molecule has 0 fully saturated rings. The Morgan fingerprint density at radius 3 is 2.55 bits per heavy atom. The van der Waals surface area contributed by atoms with Gasteiger partial charge in [0, 0.05) is 12.4 Å². The Balaban J connectivity index is 2.41. The number of nitrogens with zero attached hydrogens (tertiary/aromatic N) is 1. The number of anilines is 1. The van der Waals surface area contributed by atoms with Crippen molar-refractivity contribution < 1.29 is 17.9 Å². The lowest BCUT2D eigenvalue weighted by Crippen LogP contribution is -2.16. The van der Waals surface area contributed by atoms with Gasteiger partial charge in [0.25, 0.3) is 10.0 Å². The number of pyridine rings is 1. The maximum Gasteiger partial charge on any atom is 0.341 e. The molecule has 1 N–H and O–H groups in total. The van der Waals surface area contributed by atoms with Crippen LogP contribution in [0.2, 0.25) is 0 Å². The summed E-state index contributed by atoms with van der Waals surface area (Å²) in [6.07, 6.45) is 2.65. The maximum absolute atomic E-state index is 12.4. The number of carbonyl (C=O) groups is 1. The standard InChI is InChI=1S/C15H16N2O4S/c1-10-4-5-12(8-11(10)2)22(19,20)17-14-6-7-16-9-13(14)15(18)21-3/h4-9H,1-3H3,(H,16,17). The van der Waals surface area contributed by atoms with Gasteiger partial charge in [-0.25, -0.2) is 13.2 Å². The minimum atomic E-state index is -3.80. The number of aryl methyl sites for hydroxylation is 2. The second kappa shape index (κ2) is 6.15. The van der Waals surface area contributed by atoms with Gasteiger partial charge in [-0.1, -0.05) is 6.07 Å². The normalized spacial score (nSPS) is 11.0. The van der Waals surface area contributed by atoms with E-state index in [1.54, 1.807) is 12.1 Å². The van der Waals surface area contributed by atoms with Gasteiger partial charge in [0.15, 0.2) is 0 Å². The van der Waals surface area contributed by atoms with Gasteiger partial charge in [-0.15, -0.1) is 0 Å². The second-order valence-electron chi connectivity index (χ2n) is 4.76. The highest BCUT2D eigenvalue weighted by Gasteiger charge is 2.19. The van der Waals surface area contributed by atoms with Gasteiger partial charge in [0.05, 0.1) is 17.7 Å². The summed E-state index contributed by atoms with van der Waals surface area (Å²) in [6.45, 7) is 3.73. The Bertz CT molecular complexity index is 816. The molecule has 0 amide bonds. The molecule has 22 heavy (non-hydrogen) atoms. The molecule has 2 rings (SSSR count). The van der Waals surface area contributed by atoms with Crippen molar-refractivity contribution in [3.63, 3.8) is 0 Å². The molecule has 0 aliphatic carbocycles. The molecule has 2 aromatic rings. The first-order valence-corrected chi connectivity index (χ1v) is 7.96. The molecule has 0 aliphatic heterocycles. The summed E-state index contributed by atoms with van der Waals surface area (Å²) in [5.74, 6) is -0.661. The number of ether oxygens (including phenoxy) is 1. The van der Waals surface area contributed by atoms with E-state index >= 15 is 0 Å². The zero-order valence-electron chi connectivity index (χ0n) is 12.5. The fraction of sp³-hybridized carbons (Fsp3) is 0.200. The van der Waals surface area contributed by atoms with Crippen LogP contribution in [-0.4, -0.2) is 26.5 Å². The maximum atomic E-state index is 12.4. The van der Waals surface area contributed by atoms with Crippen LogP contribution in [0.25, 0.3) is 0 Å². The molecule has 6 nitrogen and oxygen atoms in total. The third-order valence-corrected chi connectivity index (χ3v) is 4.62. The number of rotatable bonds is 4. The average molecular weight is 320 g/mol. The molecule has 1 heterocycles. The van der Waals surface area contributed by atoms with Crippen LogP contribution in [-0.2, 0) is 14.8 Å². The zero-order chi connectivity index (χ0) is 16.3. The van der Waals surface area contributed by atoms with Crippen LogP contribution in [0.15, 0.2) is 41.6 Å². The van der Waals surface area contributed by atoms with Crippen molar-refractivity contribution in [2.24, 2.45) is 0 Å². The van der Waals surface area contributed by atoms with Gasteiger partial charge < -0.3 is 4.74 Å². The van der Waals surface area contributed by atoms with E-state index in [2.05, 4.69) is 14.4 Å². The fourth-order valence-corrected chi connectivity index (χ4v) is 3.01. The summed E-state index contributed by atoms with van der Waals surface area (Å²) in [5, 5.41) is 0. The smallest absolute Gasteiger partial charge is 0.341 e. The third kappa shape index (κ3) is 3.25. The number of esters is 1. The largest absolute Gasteiger partial charge is 0.465 e. The summed E-state index contributed by atoms with van der Waals surface area (Å²) in [6, 6.07) is 6.24. The van der Waals surface area contributed by atoms with Gasteiger partial charge in [0.2, 0.25) is 0 Å². The van der Waals surface area contributed by atoms with E-state index in [4.69, 9.17) is 0 Å². The molecule has 0 bridgehead atoms. The Hall–Kier alpha value is -2.41. The van der Waals surface area contributed by atoms with Crippen molar-refractivity contribution >= 4 is 21.7 Å². The molecule has 0 saturated heterocycles. The van der Waals surface area contributed by atoms with Crippen molar-refractivity contribution in [2.45, 2.75) is 18.7 Å². The minimum absolute atomic E-state index is 0.0532. The SMILES string of the molecule is COC(=O)c1cnccc1NS(=O)(=O)c1ccc(C)c(C)c1. The highest BCUT2D eigenvalue weighted by atomic mass is 32.2. The number of methoxy groups -OCH3 is 1. The molecule has 0 radical (unpaired) electrons. The lowest BCUT2D eigenvalue weighted by atomic mass is 10.1. The van der Waals surface area contributed by atoms with Gasteiger partial charge in [0.1, 0.15) is 5.56 Å². The summed E-state index contributed by atoms with van der Waals surface area (Å²) in [4.78, 5) is 15.6. The fourth-order valence-electron chi connectivity index (χ4n) is 1.84. The average Bonchev–Trinajstić information content (AvgIpc) is 2.49. The topological polar surface area (TPSA) is 85.4 Å². The number of benzene rings is 1. The van der Waals surface area contributed by atoms with Gasteiger partial charge in [-0.3, -0.25) is 9.71 Å². The Kier molecular flexibility index (Phi) is 4.46. The van der Waals surface area contributed by atoms with Crippen molar-refractivity contribution in [2.75, 3.05) is 11.8 Å². The Morgan fingerprint density at radius 2 is 1.91 bits per heavy atom. The first-order valence-electron chi connectivity index (χ1n) is 6.47. The van der Waals surface area contributed by atoms with Crippen molar-refractivity contribution in [3.05, 3.63) is 53.3 Å². The van der Waals surface area contributed by atoms with Gasteiger partial charge >= 0.3 is 5.97 Å². The second-order valence-corrected chi connectivity index (χ2v) is 6.45. The summed E-state index contributed by atoms with van der Waals surface area (Å²) < 4.78 is 31.9. The quantitative estimate of drug-likeness (QED) is 0.874. The number of aromatic nitrogens is 1. The van der Waals surface area contributed by atoms with E-state index in [1.165, 1.54) is 31.6 Å². The molecule has 0 unspecified atom stereocenters. The van der Waals surface area contributed by atoms with E-state index in [9.17, 15) is 13.2 Å². The molecule has 1 aromatic carbocycles. The first-order chi connectivity index (χ1) is 10.3.